The van der Waals surface area contributed by atoms with Gasteiger partial charge in [-0.05, 0) is 19.2 Å². The number of likely N-dealkylation sites (N-methyl/N-ethyl adjacent to an activating group) is 1. The van der Waals surface area contributed by atoms with Crippen molar-refractivity contribution in [1.29, 1.82) is 0 Å². The van der Waals surface area contributed by atoms with Crippen LogP contribution in [0.5, 0.6) is 0 Å². The first-order valence-electron chi connectivity index (χ1n) is 6.06. The fraction of sp³-hybridized carbons (Fsp3) is 0.583. The van der Waals surface area contributed by atoms with E-state index in [4.69, 9.17) is 11.6 Å². The number of halogens is 1. The molecular formula is C12H18ClN3OS. The molecule has 1 fully saturated rings. The number of amides is 1. The lowest BCUT2D eigenvalue weighted by molar-refractivity contribution is -0.132. The highest BCUT2D eigenvalue weighted by molar-refractivity contribution is 7.16. The van der Waals surface area contributed by atoms with Crippen molar-refractivity contribution in [2.75, 3.05) is 39.8 Å². The van der Waals surface area contributed by atoms with Gasteiger partial charge in [-0.15, -0.1) is 11.3 Å². The van der Waals surface area contributed by atoms with Gasteiger partial charge in [0.05, 0.1) is 10.9 Å². The molecule has 0 unspecified atom stereocenters. The van der Waals surface area contributed by atoms with E-state index in [2.05, 4.69) is 5.32 Å². The molecule has 2 rings (SSSR count). The summed E-state index contributed by atoms with van der Waals surface area (Å²) in [6.45, 7) is 4.67. The van der Waals surface area contributed by atoms with Gasteiger partial charge in [0, 0.05) is 37.6 Å². The summed E-state index contributed by atoms with van der Waals surface area (Å²) in [6, 6.07) is 3.91. The predicted octanol–water partition coefficient (Wildman–Crippen LogP) is 1.27. The maximum atomic E-state index is 12.0. The van der Waals surface area contributed by atoms with Crippen LogP contribution in [0.15, 0.2) is 12.1 Å². The smallest absolute Gasteiger partial charge is 0.236 e. The number of nitrogens with zero attached hydrogens (tertiary/aromatic N) is 2. The summed E-state index contributed by atoms with van der Waals surface area (Å²) in [6.07, 6.45) is 0. The van der Waals surface area contributed by atoms with Crippen LogP contribution in [-0.4, -0.2) is 55.5 Å². The van der Waals surface area contributed by atoms with Crippen molar-refractivity contribution in [3.05, 3.63) is 21.3 Å². The molecule has 0 saturated carbocycles. The molecule has 1 amide bonds. The molecule has 0 aromatic carbocycles. The standard InChI is InChI=1S/C12H18ClN3OS/c1-15(8-10-2-3-11(13)18-10)9-12(17)16-6-4-14-5-7-16/h2-3,14H,4-9H2,1H3. The minimum absolute atomic E-state index is 0.210. The van der Waals surface area contributed by atoms with E-state index < -0.39 is 0 Å². The second-order valence-corrected chi connectivity index (χ2v) is 6.31. The van der Waals surface area contributed by atoms with Crippen LogP contribution in [-0.2, 0) is 11.3 Å². The molecule has 1 N–H and O–H groups in total. The molecule has 4 nitrogen and oxygen atoms in total. The molecule has 1 saturated heterocycles. The number of hydrogen-bond acceptors (Lipinski definition) is 4. The maximum absolute atomic E-state index is 12.0. The van der Waals surface area contributed by atoms with Crippen LogP contribution in [0, 0.1) is 0 Å². The molecule has 0 spiro atoms. The van der Waals surface area contributed by atoms with E-state index in [0.29, 0.717) is 6.54 Å². The van der Waals surface area contributed by atoms with E-state index >= 15 is 0 Å². The Labute approximate surface area is 117 Å². The topological polar surface area (TPSA) is 35.6 Å². The first-order valence-corrected chi connectivity index (χ1v) is 7.26. The summed E-state index contributed by atoms with van der Waals surface area (Å²) >= 11 is 7.46. The lowest BCUT2D eigenvalue weighted by atomic mass is 10.3. The van der Waals surface area contributed by atoms with Crippen LogP contribution < -0.4 is 5.32 Å². The van der Waals surface area contributed by atoms with Crippen LogP contribution in [0.4, 0.5) is 0 Å². The highest BCUT2D eigenvalue weighted by Gasteiger charge is 2.17. The summed E-state index contributed by atoms with van der Waals surface area (Å²) in [4.78, 5) is 17.2. The Morgan fingerprint density at radius 1 is 1.50 bits per heavy atom. The van der Waals surface area contributed by atoms with Gasteiger partial charge in [-0.3, -0.25) is 9.69 Å². The van der Waals surface area contributed by atoms with E-state index in [0.717, 1.165) is 37.1 Å². The Hall–Kier alpha value is -0.620. The Kier molecular flexibility index (Phi) is 5.00. The number of nitrogens with one attached hydrogen (secondary N) is 1. The Balaban J connectivity index is 1.79. The minimum Gasteiger partial charge on any atom is -0.339 e. The zero-order chi connectivity index (χ0) is 13.0. The number of carbonyl (C=O) groups excluding carboxylic acids is 1. The van der Waals surface area contributed by atoms with Gasteiger partial charge in [0.15, 0.2) is 0 Å². The fourth-order valence-corrected chi connectivity index (χ4v) is 3.17. The number of thiophene rings is 1. The Morgan fingerprint density at radius 3 is 2.83 bits per heavy atom. The van der Waals surface area contributed by atoms with Crippen LogP contribution in [0.1, 0.15) is 4.88 Å². The lowest BCUT2D eigenvalue weighted by Gasteiger charge is -2.29. The van der Waals surface area contributed by atoms with Crippen LogP contribution >= 0.6 is 22.9 Å². The lowest BCUT2D eigenvalue weighted by Crippen LogP contribution is -2.49. The average molecular weight is 288 g/mol. The molecular weight excluding hydrogens is 270 g/mol. The molecule has 2 heterocycles. The minimum atomic E-state index is 0.210. The second-order valence-electron chi connectivity index (χ2n) is 4.51. The zero-order valence-corrected chi connectivity index (χ0v) is 12.1. The van der Waals surface area contributed by atoms with Crippen molar-refractivity contribution in [2.24, 2.45) is 0 Å². The molecule has 1 aromatic heterocycles. The summed E-state index contributed by atoms with van der Waals surface area (Å²) < 4.78 is 0.798. The molecule has 1 aromatic rings. The van der Waals surface area contributed by atoms with Gasteiger partial charge in [0.1, 0.15) is 0 Å². The summed E-state index contributed by atoms with van der Waals surface area (Å²) in [5.41, 5.74) is 0. The Bertz CT molecular complexity index is 404. The monoisotopic (exact) mass is 287 g/mol. The van der Waals surface area contributed by atoms with Gasteiger partial charge in [0.25, 0.3) is 0 Å². The normalized spacial score (nSPS) is 16.3. The third kappa shape index (κ3) is 3.95. The van der Waals surface area contributed by atoms with Gasteiger partial charge < -0.3 is 10.2 Å². The SMILES string of the molecule is CN(CC(=O)N1CCNCC1)Cc1ccc(Cl)s1. The van der Waals surface area contributed by atoms with Crippen molar-refractivity contribution in [2.45, 2.75) is 6.54 Å². The first kappa shape index (κ1) is 13.8. The van der Waals surface area contributed by atoms with Gasteiger partial charge in [-0.2, -0.15) is 0 Å². The van der Waals surface area contributed by atoms with E-state index in [1.165, 1.54) is 4.88 Å². The number of carbonyl (C=O) groups is 1. The quantitative estimate of drug-likeness (QED) is 0.906. The molecule has 0 radical (unpaired) electrons. The fourth-order valence-electron chi connectivity index (χ4n) is 2.00. The van der Waals surface area contributed by atoms with Crippen molar-refractivity contribution in [3.63, 3.8) is 0 Å². The highest BCUT2D eigenvalue weighted by atomic mass is 35.5. The van der Waals surface area contributed by atoms with Crippen LogP contribution in [0.3, 0.4) is 0 Å². The molecule has 0 aliphatic carbocycles. The summed E-state index contributed by atoms with van der Waals surface area (Å²) in [7, 11) is 1.97. The van der Waals surface area contributed by atoms with Gasteiger partial charge >= 0.3 is 0 Å². The first-order chi connectivity index (χ1) is 8.65. The van der Waals surface area contributed by atoms with E-state index in [1.807, 2.05) is 29.0 Å². The molecule has 100 valence electrons. The van der Waals surface area contributed by atoms with E-state index in [1.54, 1.807) is 11.3 Å². The van der Waals surface area contributed by atoms with Crippen molar-refractivity contribution in [3.8, 4) is 0 Å². The number of hydrogen-bond donors (Lipinski definition) is 1. The van der Waals surface area contributed by atoms with Gasteiger partial charge in [0.2, 0.25) is 5.91 Å². The summed E-state index contributed by atoms with van der Waals surface area (Å²) in [5.74, 6) is 0.210. The maximum Gasteiger partial charge on any atom is 0.236 e. The summed E-state index contributed by atoms with van der Waals surface area (Å²) in [5, 5.41) is 3.25. The van der Waals surface area contributed by atoms with Crippen LogP contribution in [0.25, 0.3) is 0 Å². The molecule has 1 aliphatic heterocycles. The zero-order valence-electron chi connectivity index (χ0n) is 10.5. The van der Waals surface area contributed by atoms with Crippen molar-refractivity contribution < 1.29 is 4.79 Å². The van der Waals surface area contributed by atoms with Crippen molar-refractivity contribution >= 4 is 28.8 Å². The van der Waals surface area contributed by atoms with E-state index in [-0.39, 0.29) is 5.91 Å². The molecule has 0 atom stereocenters. The highest BCUT2D eigenvalue weighted by Crippen LogP contribution is 2.22. The number of rotatable bonds is 4. The van der Waals surface area contributed by atoms with Gasteiger partial charge in [-0.1, -0.05) is 11.6 Å². The average Bonchev–Trinajstić information content (AvgIpc) is 2.75. The molecule has 6 heteroatoms. The van der Waals surface area contributed by atoms with E-state index in [9.17, 15) is 4.79 Å². The van der Waals surface area contributed by atoms with Crippen molar-refractivity contribution in [1.82, 2.24) is 15.1 Å². The predicted molar refractivity (Wildman–Crippen MR) is 75.1 cm³/mol. The third-order valence-corrected chi connectivity index (χ3v) is 4.15. The largest absolute Gasteiger partial charge is 0.339 e. The molecule has 1 aliphatic rings. The molecule has 18 heavy (non-hydrogen) atoms. The molecule has 0 bridgehead atoms. The third-order valence-electron chi connectivity index (χ3n) is 2.93. The second kappa shape index (κ2) is 6.52. The Morgan fingerprint density at radius 2 is 2.22 bits per heavy atom. The number of piperazine rings is 1. The van der Waals surface area contributed by atoms with Gasteiger partial charge in [-0.25, -0.2) is 0 Å². The van der Waals surface area contributed by atoms with Crippen LogP contribution in [0.2, 0.25) is 4.34 Å².